The van der Waals surface area contributed by atoms with Gasteiger partial charge in [-0.25, -0.2) is 14.8 Å². The normalized spacial score (nSPS) is 11.9. The minimum atomic E-state index is -1.16. The number of aromatic nitrogens is 2. The molecule has 0 aromatic carbocycles. The van der Waals surface area contributed by atoms with Gasteiger partial charge in [-0.3, -0.25) is 4.79 Å². The summed E-state index contributed by atoms with van der Waals surface area (Å²) in [5.41, 5.74) is -0.0101. The van der Waals surface area contributed by atoms with Crippen LogP contribution in [0.3, 0.4) is 0 Å². The van der Waals surface area contributed by atoms with E-state index in [4.69, 9.17) is 5.11 Å². The Bertz CT molecular complexity index is 464. The first-order chi connectivity index (χ1) is 9.47. The zero-order valence-corrected chi connectivity index (χ0v) is 12.7. The smallest absolute Gasteiger partial charge is 0.356 e. The van der Waals surface area contributed by atoms with Gasteiger partial charge in [0.05, 0.1) is 12.4 Å². The molecule has 1 heterocycles. The minimum Gasteiger partial charge on any atom is -0.476 e. The van der Waals surface area contributed by atoms with Gasteiger partial charge in [-0.05, 0) is 24.9 Å². The van der Waals surface area contributed by atoms with Crippen LogP contribution in [0.5, 0.6) is 0 Å². The second-order valence-electron chi connectivity index (χ2n) is 4.34. The molecule has 0 aliphatic rings. The van der Waals surface area contributed by atoms with Crippen LogP contribution in [0.25, 0.3) is 0 Å². The summed E-state index contributed by atoms with van der Waals surface area (Å²) in [5.74, 6) is 0.657. The SMILES string of the molecule is CCSCCC(C)N(C)C(=O)c1cnc(C(=O)O)cn1. The quantitative estimate of drug-likeness (QED) is 0.772. The number of rotatable bonds is 7. The molecule has 0 spiro atoms. The number of carboxylic acids is 1. The Kier molecular flexibility index (Phi) is 6.44. The van der Waals surface area contributed by atoms with E-state index >= 15 is 0 Å². The van der Waals surface area contributed by atoms with E-state index in [1.807, 2.05) is 18.7 Å². The zero-order chi connectivity index (χ0) is 15.1. The van der Waals surface area contributed by atoms with E-state index in [0.29, 0.717) is 0 Å². The van der Waals surface area contributed by atoms with Crippen LogP contribution in [-0.4, -0.2) is 56.4 Å². The van der Waals surface area contributed by atoms with E-state index in [1.54, 1.807) is 11.9 Å². The molecule has 0 saturated carbocycles. The van der Waals surface area contributed by atoms with Crippen molar-refractivity contribution in [1.29, 1.82) is 0 Å². The third-order valence-corrected chi connectivity index (χ3v) is 3.89. The van der Waals surface area contributed by atoms with Crippen molar-refractivity contribution >= 4 is 23.6 Å². The van der Waals surface area contributed by atoms with E-state index in [2.05, 4.69) is 16.9 Å². The Hall–Kier alpha value is -1.63. The molecule has 0 fully saturated rings. The molecule has 6 nitrogen and oxygen atoms in total. The van der Waals surface area contributed by atoms with Crippen LogP contribution in [0.1, 0.15) is 41.2 Å². The highest BCUT2D eigenvalue weighted by molar-refractivity contribution is 7.99. The number of hydrogen-bond donors (Lipinski definition) is 1. The van der Waals surface area contributed by atoms with Crippen molar-refractivity contribution in [3.05, 3.63) is 23.8 Å². The second kappa shape index (κ2) is 7.84. The van der Waals surface area contributed by atoms with Gasteiger partial charge in [0.25, 0.3) is 5.91 Å². The summed E-state index contributed by atoms with van der Waals surface area (Å²) in [6, 6.07) is 0.0995. The summed E-state index contributed by atoms with van der Waals surface area (Å²) in [4.78, 5) is 32.0. The molecule has 1 unspecified atom stereocenters. The molecule has 1 aromatic heterocycles. The molecular formula is C13H19N3O3S. The largest absolute Gasteiger partial charge is 0.476 e. The number of nitrogens with zero attached hydrogens (tertiary/aromatic N) is 3. The zero-order valence-electron chi connectivity index (χ0n) is 11.9. The van der Waals surface area contributed by atoms with Gasteiger partial charge in [0.15, 0.2) is 5.69 Å². The van der Waals surface area contributed by atoms with Crippen molar-refractivity contribution in [2.75, 3.05) is 18.6 Å². The Morgan fingerprint density at radius 2 is 1.95 bits per heavy atom. The van der Waals surface area contributed by atoms with E-state index in [1.165, 1.54) is 6.20 Å². The van der Waals surface area contributed by atoms with Crippen LogP contribution in [0.2, 0.25) is 0 Å². The van der Waals surface area contributed by atoms with Crippen LogP contribution in [0.4, 0.5) is 0 Å². The summed E-state index contributed by atoms with van der Waals surface area (Å²) >= 11 is 1.84. The Balaban J connectivity index is 2.66. The molecule has 0 saturated heterocycles. The summed E-state index contributed by atoms with van der Waals surface area (Å²) in [6.45, 7) is 4.08. The lowest BCUT2D eigenvalue weighted by Crippen LogP contribution is -2.36. The van der Waals surface area contributed by atoms with Gasteiger partial charge in [0, 0.05) is 13.1 Å². The molecule has 1 amide bonds. The second-order valence-corrected chi connectivity index (χ2v) is 5.74. The number of hydrogen-bond acceptors (Lipinski definition) is 5. The highest BCUT2D eigenvalue weighted by atomic mass is 32.2. The summed E-state index contributed by atoms with van der Waals surface area (Å²) < 4.78 is 0. The fourth-order valence-electron chi connectivity index (χ4n) is 1.52. The van der Waals surface area contributed by atoms with Gasteiger partial charge in [-0.2, -0.15) is 11.8 Å². The lowest BCUT2D eigenvalue weighted by molar-refractivity contribution is 0.0684. The first-order valence-corrected chi connectivity index (χ1v) is 7.53. The maximum Gasteiger partial charge on any atom is 0.356 e. The van der Waals surface area contributed by atoms with Gasteiger partial charge in [0.1, 0.15) is 5.69 Å². The number of carboxylic acid groups (broad SMARTS) is 1. The molecule has 7 heteroatoms. The van der Waals surface area contributed by atoms with Crippen molar-refractivity contribution < 1.29 is 14.7 Å². The van der Waals surface area contributed by atoms with Gasteiger partial charge < -0.3 is 10.0 Å². The molecule has 1 aromatic rings. The third-order valence-electron chi connectivity index (χ3n) is 2.96. The highest BCUT2D eigenvalue weighted by Gasteiger charge is 2.19. The standard InChI is InChI=1S/C13H19N3O3S/c1-4-20-6-5-9(2)16(3)12(17)10-7-15-11(8-14-10)13(18)19/h7-9H,4-6H2,1-3H3,(H,18,19). The lowest BCUT2D eigenvalue weighted by Gasteiger charge is -2.24. The monoisotopic (exact) mass is 297 g/mol. The molecule has 1 N–H and O–H groups in total. The van der Waals surface area contributed by atoms with Crippen molar-refractivity contribution in [1.82, 2.24) is 14.9 Å². The first kappa shape index (κ1) is 16.4. The average molecular weight is 297 g/mol. The first-order valence-electron chi connectivity index (χ1n) is 6.37. The Morgan fingerprint density at radius 3 is 2.45 bits per heavy atom. The maximum absolute atomic E-state index is 12.2. The van der Waals surface area contributed by atoms with E-state index < -0.39 is 5.97 Å². The van der Waals surface area contributed by atoms with Crippen molar-refractivity contribution in [3.63, 3.8) is 0 Å². The van der Waals surface area contributed by atoms with Crippen LogP contribution in [0, 0.1) is 0 Å². The number of carbonyl (C=O) groups is 2. The molecule has 20 heavy (non-hydrogen) atoms. The Labute approximate surface area is 122 Å². The van der Waals surface area contributed by atoms with Gasteiger partial charge in [0.2, 0.25) is 0 Å². The molecule has 1 rings (SSSR count). The number of amides is 1. The van der Waals surface area contributed by atoms with Crippen molar-refractivity contribution in [2.45, 2.75) is 26.3 Å². The van der Waals surface area contributed by atoms with Crippen LogP contribution in [-0.2, 0) is 0 Å². The predicted molar refractivity (Wildman–Crippen MR) is 78.2 cm³/mol. The van der Waals surface area contributed by atoms with E-state index in [0.717, 1.165) is 24.1 Å². The Morgan fingerprint density at radius 1 is 1.35 bits per heavy atom. The van der Waals surface area contributed by atoms with Crippen LogP contribution < -0.4 is 0 Å². The fourth-order valence-corrected chi connectivity index (χ4v) is 2.32. The van der Waals surface area contributed by atoms with Gasteiger partial charge in [-0.1, -0.05) is 6.92 Å². The number of carbonyl (C=O) groups excluding carboxylic acids is 1. The highest BCUT2D eigenvalue weighted by Crippen LogP contribution is 2.10. The average Bonchev–Trinajstić information content (AvgIpc) is 2.46. The van der Waals surface area contributed by atoms with Crippen LogP contribution >= 0.6 is 11.8 Å². The predicted octanol–water partition coefficient (Wildman–Crippen LogP) is 1.78. The summed E-state index contributed by atoms with van der Waals surface area (Å²) in [7, 11) is 1.72. The molecule has 110 valence electrons. The van der Waals surface area contributed by atoms with Crippen molar-refractivity contribution in [2.24, 2.45) is 0 Å². The van der Waals surface area contributed by atoms with Crippen LogP contribution in [0.15, 0.2) is 12.4 Å². The van der Waals surface area contributed by atoms with E-state index in [9.17, 15) is 9.59 Å². The molecule has 0 aliphatic heterocycles. The maximum atomic E-state index is 12.2. The minimum absolute atomic E-state index is 0.0995. The molecular weight excluding hydrogens is 278 g/mol. The van der Waals surface area contributed by atoms with Gasteiger partial charge >= 0.3 is 5.97 Å². The summed E-state index contributed by atoms with van der Waals surface area (Å²) in [5, 5.41) is 8.73. The lowest BCUT2D eigenvalue weighted by atomic mass is 10.2. The van der Waals surface area contributed by atoms with E-state index in [-0.39, 0.29) is 23.3 Å². The molecule has 0 aliphatic carbocycles. The summed E-state index contributed by atoms with van der Waals surface area (Å²) in [6.07, 6.45) is 3.21. The van der Waals surface area contributed by atoms with Gasteiger partial charge in [-0.15, -0.1) is 0 Å². The number of thioether (sulfide) groups is 1. The van der Waals surface area contributed by atoms with Crippen molar-refractivity contribution in [3.8, 4) is 0 Å². The molecule has 0 bridgehead atoms. The topological polar surface area (TPSA) is 83.4 Å². The fraction of sp³-hybridized carbons (Fsp3) is 0.538. The molecule has 1 atom stereocenters. The third kappa shape index (κ3) is 4.48. The molecule has 0 radical (unpaired) electrons. The number of aromatic carboxylic acids is 1.